The molecule has 2 heterocycles. The average Bonchev–Trinajstić information content (AvgIpc) is 3.05. The molecule has 2 aliphatic heterocycles. The first kappa shape index (κ1) is 12.0. The summed E-state index contributed by atoms with van der Waals surface area (Å²) in [6, 6.07) is 3.00. The van der Waals surface area contributed by atoms with Crippen LogP contribution in [-0.4, -0.2) is 31.0 Å². The highest BCUT2D eigenvalue weighted by Gasteiger charge is 2.24. The van der Waals surface area contributed by atoms with Crippen molar-refractivity contribution in [2.24, 2.45) is 0 Å². The molecule has 0 aromatic heterocycles. The lowest BCUT2D eigenvalue weighted by Gasteiger charge is -2.12. The third kappa shape index (κ3) is 2.41. The van der Waals surface area contributed by atoms with E-state index in [1.807, 2.05) is 0 Å². The average molecular weight is 266 g/mol. The van der Waals surface area contributed by atoms with Crippen molar-refractivity contribution < 1.29 is 19.1 Å². The molecule has 2 aliphatic rings. The number of hydrogen-bond acceptors (Lipinski definition) is 6. The van der Waals surface area contributed by atoms with Gasteiger partial charge < -0.3 is 19.5 Å². The van der Waals surface area contributed by atoms with Crippen LogP contribution in [0.5, 0.6) is 11.5 Å². The van der Waals surface area contributed by atoms with Gasteiger partial charge in [-0.15, -0.1) is 0 Å². The summed E-state index contributed by atoms with van der Waals surface area (Å²) < 4.78 is 15.9. The Hall–Kier alpha value is -2.02. The molecule has 1 aromatic rings. The minimum atomic E-state index is -0.431. The van der Waals surface area contributed by atoms with Gasteiger partial charge in [0.25, 0.3) is 5.69 Å². The first-order valence-corrected chi connectivity index (χ1v) is 6.17. The third-order valence-corrected chi connectivity index (χ3v) is 3.23. The van der Waals surface area contributed by atoms with E-state index in [0.717, 1.165) is 19.4 Å². The molecule has 0 amide bonds. The zero-order valence-electron chi connectivity index (χ0n) is 10.3. The monoisotopic (exact) mass is 266 g/mol. The molecular formula is C12H14N2O5. The van der Waals surface area contributed by atoms with E-state index in [2.05, 4.69) is 5.32 Å². The zero-order valence-corrected chi connectivity index (χ0v) is 10.3. The molecule has 1 N–H and O–H groups in total. The predicted molar refractivity (Wildman–Crippen MR) is 66.7 cm³/mol. The third-order valence-electron chi connectivity index (χ3n) is 3.23. The minimum Gasteiger partial charge on any atom is -0.454 e. The number of nitrogens with one attached hydrogen (secondary N) is 1. The summed E-state index contributed by atoms with van der Waals surface area (Å²) in [5.74, 6) is 0.940. The highest BCUT2D eigenvalue weighted by atomic mass is 16.7. The molecular weight excluding hydrogens is 252 g/mol. The first-order chi connectivity index (χ1) is 9.24. The topological polar surface area (TPSA) is 82.9 Å². The van der Waals surface area contributed by atoms with E-state index in [1.54, 1.807) is 6.07 Å². The Labute approximate surface area is 109 Å². The molecule has 7 heteroatoms. The van der Waals surface area contributed by atoms with Gasteiger partial charge in [-0.1, -0.05) is 0 Å². The molecule has 1 aromatic carbocycles. The number of fused-ring (bicyclic) bond motifs is 1. The Morgan fingerprint density at radius 2 is 2.16 bits per heavy atom. The van der Waals surface area contributed by atoms with Crippen molar-refractivity contribution in [3.8, 4) is 11.5 Å². The van der Waals surface area contributed by atoms with E-state index in [-0.39, 0.29) is 18.6 Å². The summed E-state index contributed by atoms with van der Waals surface area (Å²) in [5, 5.41) is 14.1. The number of nitro benzene ring substituents is 1. The molecule has 1 fully saturated rings. The lowest BCUT2D eigenvalue weighted by molar-refractivity contribution is -0.384. The fourth-order valence-electron chi connectivity index (χ4n) is 2.25. The van der Waals surface area contributed by atoms with Gasteiger partial charge in [-0.3, -0.25) is 10.1 Å². The van der Waals surface area contributed by atoms with Crippen LogP contribution in [0, 0.1) is 10.1 Å². The lowest BCUT2D eigenvalue weighted by atomic mass is 10.2. The Bertz CT molecular complexity index is 499. The van der Waals surface area contributed by atoms with Crippen LogP contribution in [0.25, 0.3) is 0 Å². The SMILES string of the molecule is O=[N+]([O-])c1cc2c(cc1NCC1CCCO1)OCO2. The van der Waals surface area contributed by atoms with E-state index in [4.69, 9.17) is 14.2 Å². The summed E-state index contributed by atoms with van der Waals surface area (Å²) >= 11 is 0. The number of hydrogen-bond donors (Lipinski definition) is 1. The number of rotatable bonds is 4. The van der Waals surface area contributed by atoms with Crippen molar-refractivity contribution in [1.82, 2.24) is 0 Å². The quantitative estimate of drug-likeness (QED) is 0.662. The maximum absolute atomic E-state index is 11.1. The van der Waals surface area contributed by atoms with Crippen molar-refractivity contribution in [2.45, 2.75) is 18.9 Å². The highest BCUT2D eigenvalue weighted by molar-refractivity contribution is 5.69. The van der Waals surface area contributed by atoms with Gasteiger partial charge in [0.15, 0.2) is 11.5 Å². The van der Waals surface area contributed by atoms with Crippen LogP contribution >= 0.6 is 0 Å². The van der Waals surface area contributed by atoms with Crippen molar-refractivity contribution in [3.05, 3.63) is 22.2 Å². The van der Waals surface area contributed by atoms with Gasteiger partial charge in [0.05, 0.1) is 17.1 Å². The number of anilines is 1. The molecule has 7 nitrogen and oxygen atoms in total. The molecule has 1 atom stereocenters. The highest BCUT2D eigenvalue weighted by Crippen LogP contribution is 2.40. The van der Waals surface area contributed by atoms with Crippen LogP contribution < -0.4 is 14.8 Å². The molecule has 0 aliphatic carbocycles. The van der Waals surface area contributed by atoms with Crippen LogP contribution in [0.2, 0.25) is 0 Å². The lowest BCUT2D eigenvalue weighted by Crippen LogP contribution is -2.18. The first-order valence-electron chi connectivity index (χ1n) is 6.17. The molecule has 0 bridgehead atoms. The van der Waals surface area contributed by atoms with Gasteiger partial charge in [-0.2, -0.15) is 0 Å². The molecule has 3 rings (SSSR count). The maximum Gasteiger partial charge on any atom is 0.296 e. The Kier molecular flexibility index (Phi) is 3.12. The molecule has 19 heavy (non-hydrogen) atoms. The van der Waals surface area contributed by atoms with E-state index in [0.29, 0.717) is 23.7 Å². The fraction of sp³-hybridized carbons (Fsp3) is 0.500. The van der Waals surface area contributed by atoms with Crippen molar-refractivity contribution in [3.63, 3.8) is 0 Å². The van der Waals surface area contributed by atoms with E-state index < -0.39 is 4.92 Å². The molecule has 1 unspecified atom stereocenters. The largest absolute Gasteiger partial charge is 0.454 e. The maximum atomic E-state index is 11.1. The second kappa shape index (κ2) is 4.93. The molecule has 0 spiro atoms. The molecule has 102 valence electrons. The second-order valence-electron chi connectivity index (χ2n) is 4.50. The van der Waals surface area contributed by atoms with E-state index in [1.165, 1.54) is 6.07 Å². The number of ether oxygens (including phenoxy) is 3. The van der Waals surface area contributed by atoms with Gasteiger partial charge in [0.1, 0.15) is 5.69 Å². The van der Waals surface area contributed by atoms with E-state index in [9.17, 15) is 10.1 Å². The summed E-state index contributed by atoms with van der Waals surface area (Å²) in [4.78, 5) is 10.6. The fourth-order valence-corrected chi connectivity index (χ4v) is 2.25. The molecule has 1 saturated heterocycles. The Morgan fingerprint density at radius 3 is 2.84 bits per heavy atom. The van der Waals surface area contributed by atoms with Crippen molar-refractivity contribution >= 4 is 11.4 Å². The number of benzene rings is 1. The standard InChI is InChI=1S/C12H14N2O5/c15-14(16)10-5-12-11(18-7-19-12)4-9(10)13-6-8-2-1-3-17-8/h4-5,8,13H,1-3,6-7H2. The van der Waals surface area contributed by atoms with Crippen LogP contribution in [0.3, 0.4) is 0 Å². The Morgan fingerprint density at radius 1 is 1.37 bits per heavy atom. The normalized spacial score (nSPS) is 20.5. The smallest absolute Gasteiger partial charge is 0.296 e. The summed E-state index contributed by atoms with van der Waals surface area (Å²) in [6.45, 7) is 1.41. The van der Waals surface area contributed by atoms with Crippen LogP contribution in [0.4, 0.5) is 11.4 Å². The number of nitrogens with zero attached hydrogens (tertiary/aromatic N) is 1. The number of nitro groups is 1. The zero-order chi connectivity index (χ0) is 13.2. The second-order valence-corrected chi connectivity index (χ2v) is 4.50. The summed E-state index contributed by atoms with van der Waals surface area (Å²) in [6.07, 6.45) is 2.13. The summed E-state index contributed by atoms with van der Waals surface area (Å²) in [7, 11) is 0. The van der Waals surface area contributed by atoms with Gasteiger partial charge in [-0.25, -0.2) is 0 Å². The van der Waals surface area contributed by atoms with Crippen molar-refractivity contribution in [1.29, 1.82) is 0 Å². The predicted octanol–water partition coefficient (Wildman–Crippen LogP) is 1.91. The van der Waals surface area contributed by atoms with Gasteiger partial charge in [0.2, 0.25) is 6.79 Å². The minimum absolute atomic E-state index is 0.0118. The summed E-state index contributed by atoms with van der Waals surface area (Å²) in [5.41, 5.74) is 0.423. The van der Waals surface area contributed by atoms with Crippen LogP contribution in [0.15, 0.2) is 12.1 Å². The molecule has 0 saturated carbocycles. The van der Waals surface area contributed by atoms with E-state index >= 15 is 0 Å². The molecule has 0 radical (unpaired) electrons. The Balaban J connectivity index is 1.80. The van der Waals surface area contributed by atoms with Crippen molar-refractivity contribution in [2.75, 3.05) is 25.3 Å². The van der Waals surface area contributed by atoms with Gasteiger partial charge >= 0.3 is 0 Å². The van der Waals surface area contributed by atoms with Crippen LogP contribution in [-0.2, 0) is 4.74 Å². The van der Waals surface area contributed by atoms with Gasteiger partial charge in [0, 0.05) is 19.2 Å². The van der Waals surface area contributed by atoms with Gasteiger partial charge in [-0.05, 0) is 12.8 Å². The van der Waals surface area contributed by atoms with Crippen LogP contribution in [0.1, 0.15) is 12.8 Å².